The zero-order valence-corrected chi connectivity index (χ0v) is 7.77. The SMILES string of the molecule is Cc1cc(N2CCC2CN)ncn1. The molecule has 0 saturated carbocycles. The Kier molecular flexibility index (Phi) is 2.14. The molecule has 2 heterocycles. The van der Waals surface area contributed by atoms with E-state index in [1.807, 2.05) is 13.0 Å². The van der Waals surface area contributed by atoms with E-state index in [1.54, 1.807) is 6.33 Å². The van der Waals surface area contributed by atoms with Crippen molar-refractivity contribution >= 4 is 5.82 Å². The Morgan fingerprint density at radius 1 is 1.62 bits per heavy atom. The molecule has 1 aliphatic rings. The van der Waals surface area contributed by atoms with Gasteiger partial charge in [-0.3, -0.25) is 0 Å². The summed E-state index contributed by atoms with van der Waals surface area (Å²) in [5.74, 6) is 1.01. The summed E-state index contributed by atoms with van der Waals surface area (Å²) in [5, 5.41) is 0. The van der Waals surface area contributed by atoms with Gasteiger partial charge in [-0.25, -0.2) is 9.97 Å². The lowest BCUT2D eigenvalue weighted by atomic mass is 10.0. The maximum absolute atomic E-state index is 5.61. The lowest BCUT2D eigenvalue weighted by Crippen LogP contribution is -2.52. The summed E-state index contributed by atoms with van der Waals surface area (Å²) in [6.07, 6.45) is 2.79. The first kappa shape index (κ1) is 8.44. The third-order valence-corrected chi connectivity index (χ3v) is 2.50. The summed E-state index contributed by atoms with van der Waals surface area (Å²) in [6, 6.07) is 2.48. The normalized spacial score (nSPS) is 21.4. The second kappa shape index (κ2) is 3.30. The zero-order valence-electron chi connectivity index (χ0n) is 7.77. The van der Waals surface area contributed by atoms with Gasteiger partial charge in [0.1, 0.15) is 12.1 Å². The van der Waals surface area contributed by atoms with E-state index in [9.17, 15) is 0 Å². The van der Waals surface area contributed by atoms with Gasteiger partial charge in [0.15, 0.2) is 0 Å². The zero-order chi connectivity index (χ0) is 9.26. The monoisotopic (exact) mass is 178 g/mol. The minimum atomic E-state index is 0.481. The van der Waals surface area contributed by atoms with Crippen molar-refractivity contribution in [2.45, 2.75) is 19.4 Å². The Morgan fingerprint density at radius 2 is 2.46 bits per heavy atom. The predicted molar refractivity (Wildman–Crippen MR) is 51.6 cm³/mol. The Balaban J connectivity index is 2.16. The lowest BCUT2D eigenvalue weighted by Gasteiger charge is -2.41. The van der Waals surface area contributed by atoms with Crippen LogP contribution in [0.1, 0.15) is 12.1 Å². The molecule has 2 N–H and O–H groups in total. The second-order valence-electron chi connectivity index (χ2n) is 3.39. The standard InChI is InChI=1S/C9H14N4/c1-7-4-9(12-6-11-7)13-3-2-8(13)5-10/h4,6,8H,2-3,5,10H2,1H3. The molecule has 1 saturated heterocycles. The number of anilines is 1. The molecule has 0 spiro atoms. The summed E-state index contributed by atoms with van der Waals surface area (Å²) >= 11 is 0. The molecule has 0 radical (unpaired) electrons. The van der Waals surface area contributed by atoms with Gasteiger partial charge in [0, 0.05) is 30.9 Å². The Hall–Kier alpha value is -1.16. The van der Waals surface area contributed by atoms with Crippen LogP contribution in [0, 0.1) is 6.92 Å². The highest BCUT2D eigenvalue weighted by atomic mass is 15.3. The molecule has 1 unspecified atom stereocenters. The first-order chi connectivity index (χ1) is 6.31. The summed E-state index contributed by atoms with van der Waals surface area (Å²) in [5.41, 5.74) is 6.62. The Bertz CT molecular complexity index is 297. The van der Waals surface area contributed by atoms with Crippen molar-refractivity contribution in [1.82, 2.24) is 9.97 Å². The largest absolute Gasteiger partial charge is 0.352 e. The van der Waals surface area contributed by atoms with Gasteiger partial charge in [0.05, 0.1) is 0 Å². The molecule has 1 fully saturated rings. The molecule has 4 heteroatoms. The third kappa shape index (κ3) is 1.49. The molecule has 0 bridgehead atoms. The lowest BCUT2D eigenvalue weighted by molar-refractivity contribution is 0.451. The van der Waals surface area contributed by atoms with Gasteiger partial charge in [0.25, 0.3) is 0 Å². The molecule has 4 nitrogen and oxygen atoms in total. The average molecular weight is 178 g/mol. The predicted octanol–water partition coefficient (Wildman–Crippen LogP) is 0.322. The quantitative estimate of drug-likeness (QED) is 0.708. The van der Waals surface area contributed by atoms with Crippen LogP contribution in [0.2, 0.25) is 0 Å². The number of nitrogens with two attached hydrogens (primary N) is 1. The van der Waals surface area contributed by atoms with E-state index in [2.05, 4.69) is 14.9 Å². The molecular weight excluding hydrogens is 164 g/mol. The first-order valence-corrected chi connectivity index (χ1v) is 4.56. The van der Waals surface area contributed by atoms with E-state index in [1.165, 1.54) is 6.42 Å². The fourth-order valence-electron chi connectivity index (χ4n) is 1.59. The van der Waals surface area contributed by atoms with E-state index in [4.69, 9.17) is 5.73 Å². The van der Waals surface area contributed by atoms with Crippen LogP contribution in [0.15, 0.2) is 12.4 Å². The maximum atomic E-state index is 5.61. The minimum Gasteiger partial charge on any atom is -0.352 e. The average Bonchev–Trinajstić information content (AvgIpc) is 2.03. The Labute approximate surface area is 77.8 Å². The molecular formula is C9H14N4. The van der Waals surface area contributed by atoms with E-state index in [0.29, 0.717) is 12.6 Å². The molecule has 13 heavy (non-hydrogen) atoms. The van der Waals surface area contributed by atoms with Crippen molar-refractivity contribution in [3.63, 3.8) is 0 Å². The van der Waals surface area contributed by atoms with Crippen LogP contribution < -0.4 is 10.6 Å². The van der Waals surface area contributed by atoms with Gasteiger partial charge in [-0.2, -0.15) is 0 Å². The number of nitrogens with zero attached hydrogens (tertiary/aromatic N) is 3. The second-order valence-corrected chi connectivity index (χ2v) is 3.39. The number of aryl methyl sites for hydroxylation is 1. The molecule has 1 aromatic heterocycles. The van der Waals surface area contributed by atoms with Crippen LogP contribution in [-0.2, 0) is 0 Å². The summed E-state index contributed by atoms with van der Waals surface area (Å²) < 4.78 is 0. The van der Waals surface area contributed by atoms with E-state index in [-0.39, 0.29) is 0 Å². The van der Waals surface area contributed by atoms with E-state index >= 15 is 0 Å². The Morgan fingerprint density at radius 3 is 3.00 bits per heavy atom. The molecule has 2 rings (SSSR count). The first-order valence-electron chi connectivity index (χ1n) is 4.56. The van der Waals surface area contributed by atoms with Crippen LogP contribution in [0.5, 0.6) is 0 Å². The minimum absolute atomic E-state index is 0.481. The van der Waals surface area contributed by atoms with Crippen LogP contribution in [-0.4, -0.2) is 29.1 Å². The van der Waals surface area contributed by atoms with Crippen molar-refractivity contribution < 1.29 is 0 Å². The van der Waals surface area contributed by atoms with Gasteiger partial charge in [-0.15, -0.1) is 0 Å². The molecule has 0 aliphatic carbocycles. The summed E-state index contributed by atoms with van der Waals surface area (Å²) in [7, 11) is 0. The van der Waals surface area contributed by atoms with Gasteiger partial charge in [-0.1, -0.05) is 0 Å². The van der Waals surface area contributed by atoms with E-state index in [0.717, 1.165) is 18.1 Å². The van der Waals surface area contributed by atoms with Crippen molar-refractivity contribution in [1.29, 1.82) is 0 Å². The molecule has 1 atom stereocenters. The van der Waals surface area contributed by atoms with Crippen molar-refractivity contribution in [3.8, 4) is 0 Å². The number of aromatic nitrogens is 2. The van der Waals surface area contributed by atoms with Crippen LogP contribution in [0.4, 0.5) is 5.82 Å². The molecule has 0 aromatic carbocycles. The smallest absolute Gasteiger partial charge is 0.132 e. The van der Waals surface area contributed by atoms with Crippen molar-refractivity contribution in [2.75, 3.05) is 18.0 Å². The van der Waals surface area contributed by atoms with E-state index < -0.39 is 0 Å². The van der Waals surface area contributed by atoms with Gasteiger partial charge in [0.2, 0.25) is 0 Å². The molecule has 0 amide bonds. The van der Waals surface area contributed by atoms with Crippen LogP contribution in [0.25, 0.3) is 0 Å². The number of hydrogen-bond donors (Lipinski definition) is 1. The maximum Gasteiger partial charge on any atom is 0.132 e. The van der Waals surface area contributed by atoms with Crippen molar-refractivity contribution in [2.24, 2.45) is 5.73 Å². The topological polar surface area (TPSA) is 55.0 Å². The number of rotatable bonds is 2. The molecule has 70 valence electrons. The van der Waals surface area contributed by atoms with Gasteiger partial charge >= 0.3 is 0 Å². The highest BCUT2D eigenvalue weighted by Crippen LogP contribution is 2.23. The van der Waals surface area contributed by atoms with Crippen molar-refractivity contribution in [3.05, 3.63) is 18.1 Å². The van der Waals surface area contributed by atoms with Gasteiger partial charge < -0.3 is 10.6 Å². The van der Waals surface area contributed by atoms with Crippen LogP contribution in [0.3, 0.4) is 0 Å². The van der Waals surface area contributed by atoms with Gasteiger partial charge in [-0.05, 0) is 13.3 Å². The molecule has 1 aromatic rings. The fourth-order valence-corrected chi connectivity index (χ4v) is 1.59. The highest BCUT2D eigenvalue weighted by molar-refractivity contribution is 5.43. The fraction of sp³-hybridized carbons (Fsp3) is 0.556. The van der Waals surface area contributed by atoms with Crippen LogP contribution >= 0.6 is 0 Å². The highest BCUT2D eigenvalue weighted by Gasteiger charge is 2.27. The summed E-state index contributed by atoms with van der Waals surface area (Å²) in [6.45, 7) is 3.75. The summed E-state index contributed by atoms with van der Waals surface area (Å²) in [4.78, 5) is 10.5. The number of hydrogen-bond acceptors (Lipinski definition) is 4. The third-order valence-electron chi connectivity index (χ3n) is 2.50. The molecule has 1 aliphatic heterocycles.